The van der Waals surface area contributed by atoms with Gasteiger partial charge in [0, 0.05) is 38.8 Å². The number of hydrogen-bond donors (Lipinski definition) is 0. The summed E-state index contributed by atoms with van der Waals surface area (Å²) in [5.74, 6) is 1.17. The third-order valence-electron chi connectivity index (χ3n) is 3.68. The van der Waals surface area contributed by atoms with Crippen LogP contribution in [0.5, 0.6) is 0 Å². The maximum absolute atomic E-state index is 5.24. The molecule has 7 heteroatoms. The predicted molar refractivity (Wildman–Crippen MR) is 60.5 cm³/mol. The first kappa shape index (κ1) is 10.2. The SMILES string of the molecule is c1cc(-c2nc(C3CN4CCN3CC4)no2)no1. The number of piperazine rings is 3. The minimum absolute atomic E-state index is 0.247. The smallest absolute Gasteiger partial charge is 0.280 e. The van der Waals surface area contributed by atoms with E-state index in [0.29, 0.717) is 11.6 Å². The van der Waals surface area contributed by atoms with E-state index in [2.05, 4.69) is 25.1 Å². The molecule has 18 heavy (non-hydrogen) atoms. The van der Waals surface area contributed by atoms with Crippen molar-refractivity contribution in [1.29, 1.82) is 0 Å². The molecule has 0 spiro atoms. The van der Waals surface area contributed by atoms with Crippen molar-refractivity contribution in [3.8, 4) is 11.6 Å². The zero-order valence-corrected chi connectivity index (χ0v) is 9.82. The van der Waals surface area contributed by atoms with Crippen LogP contribution in [0.4, 0.5) is 0 Å². The molecule has 3 aliphatic rings. The van der Waals surface area contributed by atoms with E-state index in [4.69, 9.17) is 9.05 Å². The molecular formula is C11H13N5O2. The van der Waals surface area contributed by atoms with Gasteiger partial charge >= 0.3 is 0 Å². The Morgan fingerprint density at radius 3 is 2.72 bits per heavy atom. The summed E-state index contributed by atoms with van der Waals surface area (Å²) in [5, 5.41) is 7.88. The van der Waals surface area contributed by atoms with Gasteiger partial charge in [-0.05, 0) is 0 Å². The van der Waals surface area contributed by atoms with Gasteiger partial charge in [-0.1, -0.05) is 10.3 Å². The van der Waals surface area contributed by atoms with Crippen molar-refractivity contribution in [2.75, 3.05) is 32.7 Å². The topological polar surface area (TPSA) is 71.4 Å². The lowest BCUT2D eigenvalue weighted by atomic mass is 10.1. The van der Waals surface area contributed by atoms with E-state index >= 15 is 0 Å². The highest BCUT2D eigenvalue weighted by molar-refractivity contribution is 5.44. The van der Waals surface area contributed by atoms with Crippen molar-refractivity contribution in [2.45, 2.75) is 6.04 Å². The Labute approximate surface area is 103 Å². The van der Waals surface area contributed by atoms with Gasteiger partial charge in [0.2, 0.25) is 0 Å². The lowest BCUT2D eigenvalue weighted by Crippen LogP contribution is -2.57. The lowest BCUT2D eigenvalue weighted by molar-refractivity contribution is 0.00781. The van der Waals surface area contributed by atoms with Crippen molar-refractivity contribution in [3.63, 3.8) is 0 Å². The predicted octanol–water partition coefficient (Wildman–Crippen LogP) is 0.397. The van der Waals surface area contributed by atoms with Crippen molar-refractivity contribution >= 4 is 0 Å². The van der Waals surface area contributed by atoms with Crippen LogP contribution in [0.15, 0.2) is 21.4 Å². The maximum atomic E-state index is 5.24. The molecule has 2 bridgehead atoms. The highest BCUT2D eigenvalue weighted by atomic mass is 16.5. The fourth-order valence-electron chi connectivity index (χ4n) is 2.66. The van der Waals surface area contributed by atoms with E-state index in [1.807, 2.05) is 0 Å². The number of rotatable bonds is 2. The Hall–Kier alpha value is -1.73. The minimum Gasteiger partial charge on any atom is -0.364 e. The van der Waals surface area contributed by atoms with E-state index in [9.17, 15) is 0 Å². The molecule has 3 saturated heterocycles. The van der Waals surface area contributed by atoms with Gasteiger partial charge in [-0.2, -0.15) is 4.98 Å². The second-order valence-corrected chi connectivity index (χ2v) is 4.69. The summed E-state index contributed by atoms with van der Waals surface area (Å²) in [6.45, 7) is 5.43. The van der Waals surface area contributed by atoms with E-state index in [0.717, 1.165) is 38.5 Å². The van der Waals surface area contributed by atoms with Crippen LogP contribution < -0.4 is 0 Å². The highest BCUT2D eigenvalue weighted by Crippen LogP contribution is 2.28. The first-order valence-electron chi connectivity index (χ1n) is 6.11. The molecule has 94 valence electrons. The third-order valence-corrected chi connectivity index (χ3v) is 3.68. The van der Waals surface area contributed by atoms with Gasteiger partial charge in [0.1, 0.15) is 6.26 Å². The second-order valence-electron chi connectivity index (χ2n) is 4.69. The molecule has 2 aromatic heterocycles. The molecule has 5 rings (SSSR count). The molecule has 3 aliphatic heterocycles. The molecule has 0 amide bonds. The van der Waals surface area contributed by atoms with Crippen molar-refractivity contribution in [2.24, 2.45) is 0 Å². The summed E-state index contributed by atoms with van der Waals surface area (Å²) in [4.78, 5) is 9.28. The van der Waals surface area contributed by atoms with Gasteiger partial charge < -0.3 is 9.05 Å². The summed E-state index contributed by atoms with van der Waals surface area (Å²) in [6.07, 6.45) is 1.50. The van der Waals surface area contributed by atoms with Gasteiger partial charge in [-0.3, -0.25) is 9.80 Å². The summed E-state index contributed by atoms with van der Waals surface area (Å²) >= 11 is 0. The molecular weight excluding hydrogens is 234 g/mol. The first-order chi connectivity index (χ1) is 8.90. The molecule has 2 aromatic rings. The number of hydrogen-bond acceptors (Lipinski definition) is 7. The number of fused-ring (bicyclic) bond motifs is 3. The van der Waals surface area contributed by atoms with Crippen LogP contribution in [-0.2, 0) is 0 Å². The largest absolute Gasteiger partial charge is 0.364 e. The molecule has 0 saturated carbocycles. The van der Waals surface area contributed by atoms with Crippen LogP contribution in [0.25, 0.3) is 11.6 Å². The molecule has 3 fully saturated rings. The van der Waals surface area contributed by atoms with Crippen LogP contribution in [0.2, 0.25) is 0 Å². The first-order valence-corrected chi connectivity index (χ1v) is 6.11. The lowest BCUT2D eigenvalue weighted by Gasteiger charge is -2.46. The summed E-state index contributed by atoms with van der Waals surface area (Å²) in [5.41, 5.74) is 0.588. The van der Waals surface area contributed by atoms with Crippen LogP contribution in [0, 0.1) is 0 Å². The Bertz CT molecular complexity index is 529. The average Bonchev–Trinajstić information content (AvgIpc) is 3.11. The normalized spacial score (nSPS) is 30.8. The molecule has 0 aromatic carbocycles. The second kappa shape index (κ2) is 3.89. The number of aromatic nitrogens is 3. The van der Waals surface area contributed by atoms with Crippen LogP contribution in [0.3, 0.4) is 0 Å². The quantitative estimate of drug-likeness (QED) is 0.760. The number of nitrogens with zero attached hydrogens (tertiary/aromatic N) is 5. The van der Waals surface area contributed by atoms with E-state index in [-0.39, 0.29) is 6.04 Å². The maximum Gasteiger partial charge on any atom is 0.280 e. The highest BCUT2D eigenvalue weighted by Gasteiger charge is 2.35. The van der Waals surface area contributed by atoms with Gasteiger partial charge in [0.15, 0.2) is 11.5 Å². The summed E-state index contributed by atoms with van der Waals surface area (Å²) in [7, 11) is 0. The van der Waals surface area contributed by atoms with Gasteiger partial charge in [0.25, 0.3) is 5.89 Å². The van der Waals surface area contributed by atoms with E-state index in [1.165, 1.54) is 6.26 Å². The molecule has 1 unspecified atom stereocenters. The van der Waals surface area contributed by atoms with Crippen molar-refractivity contribution < 1.29 is 9.05 Å². The van der Waals surface area contributed by atoms with Gasteiger partial charge in [-0.25, -0.2) is 0 Å². The molecule has 0 N–H and O–H groups in total. The summed E-state index contributed by atoms with van der Waals surface area (Å²) in [6, 6.07) is 1.96. The molecule has 0 radical (unpaired) electrons. The molecule has 1 atom stereocenters. The minimum atomic E-state index is 0.247. The summed E-state index contributed by atoms with van der Waals surface area (Å²) < 4.78 is 10.0. The van der Waals surface area contributed by atoms with Gasteiger partial charge in [0.05, 0.1) is 6.04 Å². The standard InChI is InChI=1S/C11H13N5O2/c1-6-17-13-8(1)11-12-10(14-18-11)9-7-15-2-4-16(9)5-3-15/h1,6,9H,2-5,7H2. The Morgan fingerprint density at radius 1 is 1.17 bits per heavy atom. The van der Waals surface area contributed by atoms with Crippen LogP contribution in [-0.4, -0.2) is 57.8 Å². The Morgan fingerprint density at radius 2 is 2.06 bits per heavy atom. The van der Waals surface area contributed by atoms with E-state index < -0.39 is 0 Å². The van der Waals surface area contributed by atoms with Crippen molar-refractivity contribution in [1.82, 2.24) is 25.1 Å². The van der Waals surface area contributed by atoms with E-state index in [1.54, 1.807) is 6.07 Å². The Kier molecular flexibility index (Phi) is 2.21. The zero-order chi connectivity index (χ0) is 11.9. The van der Waals surface area contributed by atoms with Crippen LogP contribution in [0.1, 0.15) is 11.9 Å². The fraction of sp³-hybridized carbons (Fsp3) is 0.545. The molecule has 0 aliphatic carbocycles. The van der Waals surface area contributed by atoms with Crippen molar-refractivity contribution in [3.05, 3.63) is 18.2 Å². The Balaban J connectivity index is 1.62. The van der Waals surface area contributed by atoms with Gasteiger partial charge in [-0.15, -0.1) is 0 Å². The monoisotopic (exact) mass is 247 g/mol. The average molecular weight is 247 g/mol. The van der Waals surface area contributed by atoms with Crippen LogP contribution >= 0.6 is 0 Å². The molecule has 7 nitrogen and oxygen atoms in total. The molecule has 5 heterocycles. The third kappa shape index (κ3) is 1.55. The zero-order valence-electron chi connectivity index (χ0n) is 9.82. The fourth-order valence-corrected chi connectivity index (χ4v) is 2.66.